The Kier molecular flexibility index (Phi) is 40.1. The number of esters is 1. The van der Waals surface area contributed by atoms with Gasteiger partial charge in [0.05, 0.1) is 13.2 Å². The highest BCUT2D eigenvalue weighted by Gasteiger charge is 2.28. The molecule has 3 unspecified atom stereocenters. The van der Waals surface area contributed by atoms with E-state index in [1.165, 1.54) is 161 Å². The number of aliphatic carboxylic acids is 1. The van der Waals surface area contributed by atoms with Crippen molar-refractivity contribution >= 4 is 25.7 Å². The van der Waals surface area contributed by atoms with Gasteiger partial charge in [-0.25, -0.2) is 9.36 Å². The van der Waals surface area contributed by atoms with Crippen LogP contribution in [0.4, 0.5) is 0 Å². The fraction of sp³-hybridized carbons (Fsp3) is 0.933. The molecule has 0 saturated heterocycles. The van der Waals surface area contributed by atoms with Gasteiger partial charge in [-0.1, -0.05) is 213 Å². The highest BCUT2D eigenvalue weighted by molar-refractivity contribution is 7.47. The van der Waals surface area contributed by atoms with E-state index in [1.807, 2.05) is 0 Å². The summed E-state index contributed by atoms with van der Waals surface area (Å²) in [5.41, 5.74) is 0. The third-order valence-corrected chi connectivity index (χ3v) is 11.6. The molecular formula is C45H88NO10P. The highest BCUT2D eigenvalue weighted by Crippen LogP contribution is 2.43. The average molecular weight is 834 g/mol. The van der Waals surface area contributed by atoms with Crippen LogP contribution < -0.4 is 5.32 Å². The van der Waals surface area contributed by atoms with Gasteiger partial charge in [0.1, 0.15) is 12.7 Å². The van der Waals surface area contributed by atoms with Crippen molar-refractivity contribution in [2.24, 2.45) is 0 Å². The summed E-state index contributed by atoms with van der Waals surface area (Å²) in [6, 6.07) is -1.54. The molecular weight excluding hydrogens is 745 g/mol. The van der Waals surface area contributed by atoms with Crippen LogP contribution in [-0.4, -0.2) is 64.9 Å². The summed E-state index contributed by atoms with van der Waals surface area (Å²) >= 11 is 0. The van der Waals surface area contributed by atoms with Crippen LogP contribution in [0.15, 0.2) is 0 Å². The summed E-state index contributed by atoms with van der Waals surface area (Å²) in [5, 5.41) is 21.9. The molecule has 12 heteroatoms. The molecule has 0 aliphatic heterocycles. The fourth-order valence-corrected chi connectivity index (χ4v) is 7.74. The summed E-state index contributed by atoms with van der Waals surface area (Å²) in [6.45, 7) is 2.63. The molecule has 0 aliphatic carbocycles. The van der Waals surface area contributed by atoms with Crippen LogP contribution >= 0.6 is 7.82 Å². The molecule has 338 valence electrons. The van der Waals surface area contributed by atoms with Gasteiger partial charge in [-0.05, 0) is 12.8 Å². The fourth-order valence-electron chi connectivity index (χ4n) is 6.96. The van der Waals surface area contributed by atoms with Gasteiger partial charge in [0.25, 0.3) is 0 Å². The predicted molar refractivity (Wildman–Crippen MR) is 231 cm³/mol. The molecule has 3 atom stereocenters. The minimum Gasteiger partial charge on any atom is -0.480 e. The van der Waals surface area contributed by atoms with Crippen molar-refractivity contribution in [2.45, 2.75) is 251 Å². The quantitative estimate of drug-likeness (QED) is 0.0263. The monoisotopic (exact) mass is 834 g/mol. The zero-order valence-corrected chi connectivity index (χ0v) is 37.6. The summed E-state index contributed by atoms with van der Waals surface area (Å²) in [7, 11) is -4.75. The molecule has 0 aromatic heterocycles. The van der Waals surface area contributed by atoms with Crippen LogP contribution in [0.25, 0.3) is 0 Å². The number of aliphatic hydroxyl groups is 1. The van der Waals surface area contributed by atoms with E-state index in [0.29, 0.717) is 12.8 Å². The normalized spacial score (nSPS) is 13.6. The molecule has 1 amide bonds. The number of carbonyl (C=O) groups excluding carboxylic acids is 2. The van der Waals surface area contributed by atoms with Crippen LogP contribution in [0.2, 0.25) is 0 Å². The van der Waals surface area contributed by atoms with Crippen LogP contribution in [-0.2, 0) is 32.7 Å². The van der Waals surface area contributed by atoms with Gasteiger partial charge < -0.3 is 25.2 Å². The number of phosphoric acid groups is 1. The molecule has 0 aromatic rings. The maximum absolute atomic E-state index is 12.3. The van der Waals surface area contributed by atoms with Crippen molar-refractivity contribution in [3.05, 3.63) is 0 Å². The van der Waals surface area contributed by atoms with E-state index in [9.17, 15) is 34.1 Å². The van der Waals surface area contributed by atoms with Crippen LogP contribution in [0.5, 0.6) is 0 Å². The van der Waals surface area contributed by atoms with Crippen molar-refractivity contribution in [3.8, 4) is 0 Å². The Hall–Kier alpha value is -1.52. The van der Waals surface area contributed by atoms with E-state index < -0.39 is 57.6 Å². The van der Waals surface area contributed by atoms with E-state index in [-0.39, 0.29) is 12.8 Å². The molecule has 0 saturated carbocycles. The molecule has 0 radical (unpaired) electrons. The summed E-state index contributed by atoms with van der Waals surface area (Å²) in [4.78, 5) is 45.9. The first-order valence-corrected chi connectivity index (χ1v) is 25.1. The molecule has 0 heterocycles. The van der Waals surface area contributed by atoms with Gasteiger partial charge in [-0.3, -0.25) is 18.6 Å². The number of carbonyl (C=O) groups is 3. The molecule has 0 bridgehead atoms. The summed E-state index contributed by atoms with van der Waals surface area (Å²) < 4.78 is 26.9. The lowest BCUT2D eigenvalue weighted by molar-refractivity contribution is -0.147. The number of rotatable bonds is 45. The lowest BCUT2D eigenvalue weighted by Gasteiger charge is -2.18. The first-order chi connectivity index (χ1) is 27.6. The van der Waals surface area contributed by atoms with E-state index in [4.69, 9.17) is 13.8 Å². The second kappa shape index (κ2) is 41.2. The zero-order valence-electron chi connectivity index (χ0n) is 36.7. The lowest BCUT2D eigenvalue weighted by atomic mass is 10.0. The number of unbranched alkanes of at least 4 members (excludes halogenated alkanes) is 31. The van der Waals surface area contributed by atoms with Gasteiger partial charge >= 0.3 is 19.8 Å². The third kappa shape index (κ3) is 41.0. The number of hydrogen-bond acceptors (Lipinski definition) is 8. The maximum atomic E-state index is 12.3. The first-order valence-electron chi connectivity index (χ1n) is 23.6. The van der Waals surface area contributed by atoms with Crippen molar-refractivity contribution < 1.29 is 47.8 Å². The SMILES string of the molecule is CCCCCCCCCCCCCCCCCCCCCC(=O)OCC(O)COP(=O)(O)OCC(NC(=O)CCCCCCCCCCCCCCCC)C(=O)O. The molecule has 0 spiro atoms. The van der Waals surface area contributed by atoms with Crippen LogP contribution in [0, 0.1) is 0 Å². The number of aliphatic hydroxyl groups excluding tert-OH is 1. The summed E-state index contributed by atoms with van der Waals surface area (Å²) in [5.74, 6) is -2.35. The van der Waals surface area contributed by atoms with Crippen molar-refractivity contribution in [2.75, 3.05) is 19.8 Å². The molecule has 4 N–H and O–H groups in total. The van der Waals surface area contributed by atoms with Gasteiger partial charge in [0, 0.05) is 12.8 Å². The lowest BCUT2D eigenvalue weighted by Crippen LogP contribution is -2.43. The molecule has 0 fully saturated rings. The third-order valence-electron chi connectivity index (χ3n) is 10.6. The zero-order chi connectivity index (χ0) is 42.1. The van der Waals surface area contributed by atoms with Crippen LogP contribution in [0.3, 0.4) is 0 Å². The molecule has 0 aromatic carbocycles. The number of nitrogens with one attached hydrogen (secondary N) is 1. The minimum absolute atomic E-state index is 0.152. The molecule has 57 heavy (non-hydrogen) atoms. The second-order valence-electron chi connectivity index (χ2n) is 16.3. The van der Waals surface area contributed by atoms with Crippen molar-refractivity contribution in [1.29, 1.82) is 0 Å². The van der Waals surface area contributed by atoms with E-state index in [0.717, 1.165) is 38.5 Å². The standard InChI is InChI=1S/C45H88NO10P/c1-3-5-7-9-11-13-15-17-19-20-21-22-23-25-27-29-31-33-35-37-44(49)54-38-41(47)39-55-57(52,53)56-40-42(45(50)51)46-43(48)36-34-32-30-28-26-24-18-16-14-12-10-8-6-4-2/h41-42,47H,3-40H2,1-2H3,(H,46,48)(H,50,51)(H,52,53). The maximum Gasteiger partial charge on any atom is 0.472 e. The number of ether oxygens (including phenoxy) is 1. The number of amides is 1. The van der Waals surface area contributed by atoms with Crippen molar-refractivity contribution in [3.63, 3.8) is 0 Å². The second-order valence-corrected chi connectivity index (χ2v) is 17.8. The van der Waals surface area contributed by atoms with Gasteiger partial charge in [0.15, 0.2) is 6.04 Å². The minimum atomic E-state index is -4.75. The van der Waals surface area contributed by atoms with E-state index in [2.05, 4.69) is 19.2 Å². The summed E-state index contributed by atoms with van der Waals surface area (Å²) in [6.07, 6.45) is 39.8. The van der Waals surface area contributed by atoms with Crippen LogP contribution in [0.1, 0.15) is 239 Å². The van der Waals surface area contributed by atoms with Gasteiger partial charge in [0.2, 0.25) is 5.91 Å². The van der Waals surface area contributed by atoms with Crippen molar-refractivity contribution in [1.82, 2.24) is 5.32 Å². The molecule has 11 nitrogen and oxygen atoms in total. The Balaban J connectivity index is 3.81. The number of phosphoric ester groups is 1. The highest BCUT2D eigenvalue weighted by atomic mass is 31.2. The largest absolute Gasteiger partial charge is 0.480 e. The average Bonchev–Trinajstić information content (AvgIpc) is 3.18. The predicted octanol–water partition coefficient (Wildman–Crippen LogP) is 12.3. The van der Waals surface area contributed by atoms with E-state index >= 15 is 0 Å². The Bertz CT molecular complexity index is 984. The Morgan fingerprint density at radius 2 is 0.807 bits per heavy atom. The first kappa shape index (κ1) is 55.5. The topological polar surface area (TPSA) is 169 Å². The van der Waals surface area contributed by atoms with E-state index in [1.54, 1.807) is 0 Å². The van der Waals surface area contributed by atoms with Gasteiger partial charge in [-0.15, -0.1) is 0 Å². The number of carboxylic acids is 1. The Morgan fingerprint density at radius 3 is 1.16 bits per heavy atom. The molecule has 0 aliphatic rings. The Morgan fingerprint density at radius 1 is 0.491 bits per heavy atom. The van der Waals surface area contributed by atoms with Gasteiger partial charge in [-0.2, -0.15) is 0 Å². The Labute approximate surface area is 348 Å². The number of carboxylic acid groups (broad SMARTS) is 1. The number of hydrogen-bond donors (Lipinski definition) is 4. The molecule has 0 rings (SSSR count). The smallest absolute Gasteiger partial charge is 0.472 e.